The highest BCUT2D eigenvalue weighted by atomic mass is 35.5. The Morgan fingerprint density at radius 3 is 3.00 bits per heavy atom. The summed E-state index contributed by atoms with van der Waals surface area (Å²) in [7, 11) is 1.43. The molecule has 2 atom stereocenters. The molecule has 1 aromatic heterocycles. The summed E-state index contributed by atoms with van der Waals surface area (Å²) in [4.78, 5) is 15.6. The number of methoxy groups -OCH3 is 1. The third-order valence-corrected chi connectivity index (χ3v) is 2.83. The van der Waals surface area contributed by atoms with E-state index in [-0.39, 0.29) is 30.2 Å². The van der Waals surface area contributed by atoms with Crippen LogP contribution in [0.1, 0.15) is 11.5 Å². The van der Waals surface area contributed by atoms with Crippen LogP contribution in [0.15, 0.2) is 24.5 Å². The molecule has 4 nitrogen and oxygen atoms in total. The van der Waals surface area contributed by atoms with E-state index in [1.165, 1.54) is 7.11 Å². The van der Waals surface area contributed by atoms with Gasteiger partial charge in [0.2, 0.25) is 0 Å². The van der Waals surface area contributed by atoms with E-state index in [1.54, 1.807) is 6.20 Å². The second-order valence-corrected chi connectivity index (χ2v) is 3.68. The van der Waals surface area contributed by atoms with Gasteiger partial charge in [0.15, 0.2) is 0 Å². The first-order valence-electron chi connectivity index (χ1n) is 5.01. The van der Waals surface area contributed by atoms with Crippen molar-refractivity contribution in [2.75, 3.05) is 20.2 Å². The maximum absolute atomic E-state index is 11.5. The van der Waals surface area contributed by atoms with Crippen molar-refractivity contribution in [2.45, 2.75) is 5.92 Å². The van der Waals surface area contributed by atoms with Crippen molar-refractivity contribution >= 4 is 18.4 Å². The number of pyridine rings is 1. The van der Waals surface area contributed by atoms with Gasteiger partial charge < -0.3 is 10.1 Å². The number of nitrogens with one attached hydrogen (secondary N) is 1. The van der Waals surface area contributed by atoms with Crippen molar-refractivity contribution in [1.29, 1.82) is 0 Å². The SMILES string of the molecule is COC(=O)[C@H]1CNC[C@@H]1c1cccnc1.Cl. The fraction of sp³-hybridized carbons (Fsp3) is 0.455. The number of hydrogen-bond acceptors (Lipinski definition) is 4. The number of hydrogen-bond donors (Lipinski definition) is 1. The molecule has 2 rings (SSSR count). The topological polar surface area (TPSA) is 51.2 Å². The second kappa shape index (κ2) is 5.82. The fourth-order valence-corrected chi connectivity index (χ4v) is 2.02. The Bertz CT molecular complexity index is 345. The van der Waals surface area contributed by atoms with Gasteiger partial charge in [-0.1, -0.05) is 6.07 Å². The lowest BCUT2D eigenvalue weighted by Crippen LogP contribution is -2.22. The maximum Gasteiger partial charge on any atom is 0.310 e. The molecule has 0 amide bonds. The first kappa shape index (κ1) is 12.9. The molecular formula is C11H15ClN2O2. The van der Waals surface area contributed by atoms with E-state index in [2.05, 4.69) is 10.3 Å². The Morgan fingerprint density at radius 1 is 1.56 bits per heavy atom. The van der Waals surface area contributed by atoms with E-state index in [1.807, 2.05) is 18.3 Å². The Labute approximate surface area is 101 Å². The van der Waals surface area contributed by atoms with Crippen LogP contribution < -0.4 is 5.32 Å². The van der Waals surface area contributed by atoms with Crippen molar-refractivity contribution in [3.05, 3.63) is 30.1 Å². The summed E-state index contributed by atoms with van der Waals surface area (Å²) < 4.78 is 4.79. The predicted molar refractivity (Wildman–Crippen MR) is 62.6 cm³/mol. The van der Waals surface area contributed by atoms with Crippen LogP contribution in [0, 0.1) is 5.92 Å². The first-order valence-corrected chi connectivity index (χ1v) is 5.01. The largest absolute Gasteiger partial charge is 0.469 e. The van der Waals surface area contributed by atoms with Gasteiger partial charge in [-0.15, -0.1) is 12.4 Å². The maximum atomic E-state index is 11.5. The van der Waals surface area contributed by atoms with Crippen molar-refractivity contribution < 1.29 is 9.53 Å². The lowest BCUT2D eigenvalue weighted by molar-refractivity contribution is -0.145. The Morgan fingerprint density at radius 2 is 2.38 bits per heavy atom. The zero-order valence-electron chi connectivity index (χ0n) is 9.05. The highest BCUT2D eigenvalue weighted by Crippen LogP contribution is 2.28. The molecule has 0 bridgehead atoms. The van der Waals surface area contributed by atoms with Crippen LogP contribution in [0.3, 0.4) is 0 Å². The monoisotopic (exact) mass is 242 g/mol. The molecule has 88 valence electrons. The van der Waals surface area contributed by atoms with Crippen molar-refractivity contribution in [2.24, 2.45) is 5.92 Å². The molecule has 0 aromatic carbocycles. The van der Waals surface area contributed by atoms with Crippen LogP contribution in [0.4, 0.5) is 0 Å². The van der Waals surface area contributed by atoms with Gasteiger partial charge in [-0.25, -0.2) is 0 Å². The number of nitrogens with zero attached hydrogens (tertiary/aromatic N) is 1. The van der Waals surface area contributed by atoms with E-state index in [4.69, 9.17) is 4.74 Å². The van der Waals surface area contributed by atoms with Crippen LogP contribution in [0.5, 0.6) is 0 Å². The highest BCUT2D eigenvalue weighted by Gasteiger charge is 2.34. The summed E-state index contributed by atoms with van der Waals surface area (Å²) in [5.41, 5.74) is 1.10. The number of carbonyl (C=O) groups is 1. The predicted octanol–water partition coefficient (Wildman–Crippen LogP) is 0.979. The van der Waals surface area contributed by atoms with Crippen LogP contribution in [-0.2, 0) is 9.53 Å². The van der Waals surface area contributed by atoms with Crippen LogP contribution in [0.25, 0.3) is 0 Å². The molecule has 0 spiro atoms. The molecule has 1 N–H and O–H groups in total. The second-order valence-electron chi connectivity index (χ2n) is 3.68. The van der Waals surface area contributed by atoms with Gasteiger partial charge >= 0.3 is 5.97 Å². The molecule has 0 saturated carbocycles. The fourth-order valence-electron chi connectivity index (χ4n) is 2.02. The quantitative estimate of drug-likeness (QED) is 0.786. The zero-order valence-corrected chi connectivity index (χ0v) is 9.87. The molecule has 1 saturated heterocycles. The van der Waals surface area contributed by atoms with Crippen LogP contribution >= 0.6 is 12.4 Å². The number of ether oxygens (including phenoxy) is 1. The van der Waals surface area contributed by atoms with E-state index >= 15 is 0 Å². The van der Waals surface area contributed by atoms with Crippen molar-refractivity contribution in [3.8, 4) is 0 Å². The van der Waals surface area contributed by atoms with Crippen LogP contribution in [0.2, 0.25) is 0 Å². The molecule has 1 aromatic rings. The molecule has 5 heteroatoms. The Hall–Kier alpha value is -1.13. The van der Waals surface area contributed by atoms with Crippen molar-refractivity contribution in [3.63, 3.8) is 0 Å². The van der Waals surface area contributed by atoms with Crippen LogP contribution in [-0.4, -0.2) is 31.2 Å². The molecule has 1 aliphatic heterocycles. The number of rotatable bonds is 2. The number of aromatic nitrogens is 1. The molecule has 2 heterocycles. The van der Waals surface area contributed by atoms with Gasteiger partial charge in [0.05, 0.1) is 13.0 Å². The highest BCUT2D eigenvalue weighted by molar-refractivity contribution is 5.85. The van der Waals surface area contributed by atoms with Gasteiger partial charge in [-0.2, -0.15) is 0 Å². The van der Waals surface area contributed by atoms with Gasteiger partial charge in [-0.05, 0) is 11.6 Å². The average Bonchev–Trinajstić information content (AvgIpc) is 2.78. The lowest BCUT2D eigenvalue weighted by atomic mass is 9.90. The Balaban J connectivity index is 0.00000128. The lowest BCUT2D eigenvalue weighted by Gasteiger charge is -2.15. The average molecular weight is 243 g/mol. The summed E-state index contributed by atoms with van der Waals surface area (Å²) in [6.07, 6.45) is 3.55. The molecule has 1 fully saturated rings. The summed E-state index contributed by atoms with van der Waals surface area (Å²) in [5.74, 6) is -0.0424. The minimum absolute atomic E-state index is 0. The molecule has 0 radical (unpaired) electrons. The summed E-state index contributed by atoms with van der Waals surface area (Å²) in [6.45, 7) is 1.50. The summed E-state index contributed by atoms with van der Waals surface area (Å²) >= 11 is 0. The van der Waals surface area contributed by atoms with Gasteiger partial charge in [-0.3, -0.25) is 9.78 Å². The standard InChI is InChI=1S/C11H14N2O2.ClH/c1-15-11(14)10-7-13-6-9(10)8-3-2-4-12-5-8;/h2-5,9-10,13H,6-7H2,1H3;1H/t9-,10+;/m1./s1. The smallest absolute Gasteiger partial charge is 0.310 e. The third kappa shape index (κ3) is 2.51. The molecule has 0 unspecified atom stereocenters. The Kier molecular flexibility index (Phi) is 4.71. The van der Waals surface area contributed by atoms with Gasteiger partial charge in [0.1, 0.15) is 0 Å². The third-order valence-electron chi connectivity index (χ3n) is 2.83. The van der Waals surface area contributed by atoms with Gasteiger partial charge in [0.25, 0.3) is 0 Å². The minimum Gasteiger partial charge on any atom is -0.469 e. The number of carbonyl (C=O) groups excluding carboxylic acids is 1. The van der Waals surface area contributed by atoms with Gasteiger partial charge in [0, 0.05) is 31.4 Å². The number of esters is 1. The van der Waals surface area contributed by atoms with E-state index in [9.17, 15) is 4.79 Å². The molecule has 16 heavy (non-hydrogen) atoms. The molecular weight excluding hydrogens is 228 g/mol. The zero-order chi connectivity index (χ0) is 10.7. The number of halogens is 1. The summed E-state index contributed by atoms with van der Waals surface area (Å²) in [5, 5.41) is 3.21. The first-order chi connectivity index (χ1) is 7.33. The normalized spacial score (nSPS) is 23.6. The molecule has 1 aliphatic rings. The minimum atomic E-state index is -0.145. The summed E-state index contributed by atoms with van der Waals surface area (Å²) in [6, 6.07) is 3.89. The van der Waals surface area contributed by atoms with E-state index in [0.717, 1.165) is 12.1 Å². The van der Waals surface area contributed by atoms with E-state index < -0.39 is 0 Å². The molecule has 0 aliphatic carbocycles. The van der Waals surface area contributed by atoms with E-state index in [0.29, 0.717) is 6.54 Å². The van der Waals surface area contributed by atoms with Crippen molar-refractivity contribution in [1.82, 2.24) is 10.3 Å².